The minimum atomic E-state index is -0.545. The van der Waals surface area contributed by atoms with Crippen molar-refractivity contribution in [3.8, 4) is 11.8 Å². The number of nitrogens with one attached hydrogen (secondary N) is 3. The van der Waals surface area contributed by atoms with Gasteiger partial charge in [-0.2, -0.15) is 5.26 Å². The van der Waals surface area contributed by atoms with Gasteiger partial charge in [0.25, 0.3) is 11.8 Å². The van der Waals surface area contributed by atoms with Gasteiger partial charge in [-0.3, -0.25) is 25.2 Å². The molecule has 0 saturated heterocycles. The van der Waals surface area contributed by atoms with Crippen LogP contribution in [0.4, 0.5) is 5.69 Å². The molecule has 0 unspecified atom stereocenters. The molecule has 2 aromatic carbocycles. The second kappa shape index (κ2) is 8.92. The second-order valence-corrected chi connectivity index (χ2v) is 6.92. The molecule has 3 N–H and O–H groups in total. The maximum absolute atomic E-state index is 12.2. The van der Waals surface area contributed by atoms with Gasteiger partial charge in [0.2, 0.25) is 5.91 Å². The molecular formula is C19H16N4O4S. The maximum atomic E-state index is 12.2. The number of hydrazine groups is 1. The van der Waals surface area contributed by atoms with Gasteiger partial charge in [0.15, 0.2) is 6.61 Å². The van der Waals surface area contributed by atoms with Gasteiger partial charge in [0, 0.05) is 22.6 Å². The maximum Gasteiger partial charge on any atom is 0.276 e. The van der Waals surface area contributed by atoms with Gasteiger partial charge in [-0.15, -0.1) is 11.8 Å². The summed E-state index contributed by atoms with van der Waals surface area (Å²) < 4.78 is 5.28. The zero-order valence-corrected chi connectivity index (χ0v) is 15.5. The molecule has 1 aliphatic heterocycles. The van der Waals surface area contributed by atoms with E-state index in [1.807, 2.05) is 6.07 Å². The molecule has 142 valence electrons. The van der Waals surface area contributed by atoms with E-state index in [2.05, 4.69) is 16.2 Å². The van der Waals surface area contributed by atoms with E-state index in [9.17, 15) is 14.4 Å². The summed E-state index contributed by atoms with van der Waals surface area (Å²) in [6, 6.07) is 13.2. The minimum Gasteiger partial charge on any atom is -0.484 e. The molecule has 9 heteroatoms. The molecule has 3 amide bonds. The number of rotatable bonds is 4. The van der Waals surface area contributed by atoms with Crippen LogP contribution in [0.5, 0.6) is 5.75 Å². The number of fused-ring (bicyclic) bond motifs is 1. The van der Waals surface area contributed by atoms with E-state index in [0.717, 1.165) is 4.90 Å². The number of nitrogens with zero attached hydrogens (tertiary/aromatic N) is 1. The lowest BCUT2D eigenvalue weighted by Crippen LogP contribution is -2.43. The van der Waals surface area contributed by atoms with Crippen molar-refractivity contribution in [2.24, 2.45) is 0 Å². The second-order valence-electron chi connectivity index (χ2n) is 5.78. The summed E-state index contributed by atoms with van der Waals surface area (Å²) in [5.74, 6) is -0.0504. The van der Waals surface area contributed by atoms with E-state index in [0.29, 0.717) is 34.7 Å². The van der Waals surface area contributed by atoms with Gasteiger partial charge in [-0.1, -0.05) is 0 Å². The molecule has 2 aromatic rings. The van der Waals surface area contributed by atoms with Crippen LogP contribution >= 0.6 is 11.8 Å². The third kappa shape index (κ3) is 5.02. The van der Waals surface area contributed by atoms with Crippen LogP contribution in [0.25, 0.3) is 0 Å². The third-order valence-electron chi connectivity index (χ3n) is 3.77. The van der Waals surface area contributed by atoms with E-state index in [1.165, 1.54) is 11.8 Å². The van der Waals surface area contributed by atoms with Crippen LogP contribution in [0, 0.1) is 11.3 Å². The van der Waals surface area contributed by atoms with E-state index in [-0.39, 0.29) is 12.5 Å². The Morgan fingerprint density at radius 2 is 1.96 bits per heavy atom. The average Bonchev–Trinajstić information content (AvgIpc) is 2.90. The van der Waals surface area contributed by atoms with Gasteiger partial charge >= 0.3 is 0 Å². The standard InChI is InChI=1S/C19H16N4O4S/c20-10-12-1-4-14(5-2-12)27-11-18(25)22-23-19(26)13-3-6-16-15(9-13)21-17(24)7-8-28-16/h1-6,9H,7-8,11H2,(H,21,24)(H,22,25)(H,23,26). The monoisotopic (exact) mass is 396 g/mol. The number of ether oxygens (including phenoxy) is 1. The van der Waals surface area contributed by atoms with Crippen LogP contribution in [0.2, 0.25) is 0 Å². The molecule has 0 atom stereocenters. The van der Waals surface area contributed by atoms with E-state index >= 15 is 0 Å². The number of benzene rings is 2. The zero-order valence-electron chi connectivity index (χ0n) is 14.7. The van der Waals surface area contributed by atoms with Gasteiger partial charge in [0.1, 0.15) is 5.75 Å². The topological polar surface area (TPSA) is 120 Å². The molecule has 0 spiro atoms. The molecule has 8 nitrogen and oxygen atoms in total. The first-order valence-corrected chi connectivity index (χ1v) is 9.32. The molecule has 3 rings (SSSR count). The summed E-state index contributed by atoms with van der Waals surface area (Å²) in [6.45, 7) is -0.303. The molecule has 0 bridgehead atoms. The summed E-state index contributed by atoms with van der Waals surface area (Å²) in [5, 5.41) is 11.5. The Labute approximate surface area is 165 Å². The number of amides is 3. The van der Waals surface area contributed by atoms with Crippen LogP contribution in [-0.4, -0.2) is 30.1 Å². The lowest BCUT2D eigenvalue weighted by atomic mass is 10.2. The number of hydrogen-bond donors (Lipinski definition) is 3. The van der Waals surface area contributed by atoms with Crippen molar-refractivity contribution in [3.63, 3.8) is 0 Å². The largest absolute Gasteiger partial charge is 0.484 e. The fraction of sp³-hybridized carbons (Fsp3) is 0.158. The first kappa shape index (κ1) is 19.3. The van der Waals surface area contributed by atoms with E-state index in [4.69, 9.17) is 10.00 Å². The van der Waals surface area contributed by atoms with Crippen LogP contribution in [0.3, 0.4) is 0 Å². The molecule has 28 heavy (non-hydrogen) atoms. The molecule has 0 aromatic heterocycles. The number of carbonyl (C=O) groups is 3. The Balaban J connectivity index is 1.51. The number of thioether (sulfide) groups is 1. The van der Waals surface area contributed by atoms with Crippen LogP contribution in [0.15, 0.2) is 47.4 Å². The van der Waals surface area contributed by atoms with Crippen LogP contribution in [-0.2, 0) is 9.59 Å². The van der Waals surface area contributed by atoms with Crippen molar-refractivity contribution < 1.29 is 19.1 Å². The predicted molar refractivity (Wildman–Crippen MR) is 103 cm³/mol. The van der Waals surface area contributed by atoms with Crippen molar-refractivity contribution in [2.75, 3.05) is 17.7 Å². The van der Waals surface area contributed by atoms with Crippen molar-refractivity contribution in [1.29, 1.82) is 5.26 Å². The molecule has 0 fully saturated rings. The normalized spacial score (nSPS) is 12.6. The van der Waals surface area contributed by atoms with E-state index in [1.54, 1.807) is 42.5 Å². The highest BCUT2D eigenvalue weighted by Crippen LogP contribution is 2.31. The summed E-state index contributed by atoms with van der Waals surface area (Å²) in [6.07, 6.45) is 0.413. The first-order valence-electron chi connectivity index (χ1n) is 8.34. The molecule has 0 radical (unpaired) electrons. The summed E-state index contributed by atoms with van der Waals surface area (Å²) >= 11 is 1.54. The molecule has 0 aliphatic carbocycles. The summed E-state index contributed by atoms with van der Waals surface area (Å²) in [7, 11) is 0. The highest BCUT2D eigenvalue weighted by Gasteiger charge is 2.16. The molecule has 0 saturated carbocycles. The Hall–Kier alpha value is -3.51. The van der Waals surface area contributed by atoms with E-state index < -0.39 is 11.8 Å². The minimum absolute atomic E-state index is 0.0999. The van der Waals surface area contributed by atoms with Crippen molar-refractivity contribution >= 4 is 35.2 Å². The smallest absolute Gasteiger partial charge is 0.276 e. The third-order valence-corrected chi connectivity index (χ3v) is 4.85. The van der Waals surface area contributed by atoms with Crippen molar-refractivity contribution in [3.05, 3.63) is 53.6 Å². The zero-order chi connectivity index (χ0) is 19.9. The first-order chi connectivity index (χ1) is 13.5. The van der Waals surface area contributed by atoms with Gasteiger partial charge in [0.05, 0.1) is 17.3 Å². The summed E-state index contributed by atoms with van der Waals surface area (Å²) in [5.41, 5.74) is 5.94. The lowest BCUT2D eigenvalue weighted by Gasteiger charge is -2.11. The number of nitriles is 1. The molecule has 1 heterocycles. The quantitative estimate of drug-likeness (QED) is 0.678. The van der Waals surface area contributed by atoms with Crippen LogP contribution in [0.1, 0.15) is 22.3 Å². The van der Waals surface area contributed by atoms with Crippen LogP contribution < -0.4 is 20.9 Å². The Morgan fingerprint density at radius 3 is 2.71 bits per heavy atom. The number of hydrogen-bond acceptors (Lipinski definition) is 6. The SMILES string of the molecule is N#Cc1ccc(OCC(=O)NNC(=O)c2ccc3c(c2)NC(=O)CCS3)cc1. The Bertz CT molecular complexity index is 953. The highest BCUT2D eigenvalue weighted by molar-refractivity contribution is 7.99. The fourth-order valence-corrected chi connectivity index (χ4v) is 3.31. The highest BCUT2D eigenvalue weighted by atomic mass is 32.2. The number of carbonyl (C=O) groups excluding carboxylic acids is 3. The van der Waals surface area contributed by atoms with Gasteiger partial charge in [-0.05, 0) is 42.5 Å². The Morgan fingerprint density at radius 1 is 1.18 bits per heavy atom. The average molecular weight is 396 g/mol. The lowest BCUT2D eigenvalue weighted by molar-refractivity contribution is -0.123. The van der Waals surface area contributed by atoms with Gasteiger partial charge < -0.3 is 10.1 Å². The predicted octanol–water partition coefficient (Wildman–Crippen LogP) is 1.83. The van der Waals surface area contributed by atoms with Gasteiger partial charge in [-0.25, -0.2) is 0 Å². The molecule has 1 aliphatic rings. The number of anilines is 1. The summed E-state index contributed by atoms with van der Waals surface area (Å²) in [4.78, 5) is 36.6. The Kier molecular flexibility index (Phi) is 6.14. The van der Waals surface area contributed by atoms with Crippen molar-refractivity contribution in [1.82, 2.24) is 10.9 Å². The molecular weight excluding hydrogens is 380 g/mol. The van der Waals surface area contributed by atoms with Crippen molar-refractivity contribution in [2.45, 2.75) is 11.3 Å². The fourth-order valence-electron chi connectivity index (χ4n) is 2.37.